The van der Waals surface area contributed by atoms with Crippen molar-refractivity contribution in [3.8, 4) is 11.5 Å². The maximum Gasteiger partial charge on any atom is 0.162 e. The zero-order valence-corrected chi connectivity index (χ0v) is 20.9. The molecule has 4 aromatic rings. The van der Waals surface area contributed by atoms with Gasteiger partial charge in [0, 0.05) is 22.5 Å². The van der Waals surface area contributed by atoms with E-state index in [2.05, 4.69) is 37.3 Å². The molecule has 0 unspecified atom stereocenters. The molecule has 5 nitrogen and oxygen atoms in total. The fourth-order valence-corrected chi connectivity index (χ4v) is 4.15. The molecular formula is C26H27BrClN3O2. The third-order valence-corrected chi connectivity index (χ3v) is 6.23. The lowest BCUT2D eigenvalue weighted by molar-refractivity contribution is 0.269. The van der Waals surface area contributed by atoms with Crippen LogP contribution in [0.3, 0.4) is 0 Å². The van der Waals surface area contributed by atoms with Crippen LogP contribution >= 0.6 is 27.5 Å². The van der Waals surface area contributed by atoms with Gasteiger partial charge >= 0.3 is 0 Å². The average molecular weight is 529 g/mol. The number of aryl methyl sites for hydroxylation is 1. The molecule has 7 heteroatoms. The minimum absolute atomic E-state index is 0.447. The fraction of sp³-hybridized carbons (Fsp3) is 0.269. The van der Waals surface area contributed by atoms with Crippen molar-refractivity contribution in [1.82, 2.24) is 15.3 Å². The first-order valence-corrected chi connectivity index (χ1v) is 12.3. The predicted molar refractivity (Wildman–Crippen MR) is 137 cm³/mol. The molecule has 0 atom stereocenters. The number of ether oxygens (including phenoxy) is 2. The topological polar surface area (TPSA) is 59.2 Å². The summed E-state index contributed by atoms with van der Waals surface area (Å²) in [5.41, 5.74) is 4.28. The SMILES string of the molecule is CCOc1cc(CNCCCc2nc3ccccc3[nH]2)c(Br)cc1OCc1ccc(Cl)cc1. The minimum Gasteiger partial charge on any atom is -0.490 e. The third-order valence-electron chi connectivity index (χ3n) is 5.24. The van der Waals surface area contributed by atoms with Crippen LogP contribution in [0.1, 0.15) is 30.3 Å². The average Bonchev–Trinajstić information content (AvgIpc) is 3.23. The van der Waals surface area contributed by atoms with Gasteiger partial charge in [0.1, 0.15) is 12.4 Å². The van der Waals surface area contributed by atoms with Gasteiger partial charge in [0.15, 0.2) is 11.5 Å². The number of rotatable bonds is 11. The Labute approximate surface area is 207 Å². The molecule has 0 radical (unpaired) electrons. The predicted octanol–water partition coefficient (Wildman–Crippen LogP) is 6.68. The van der Waals surface area contributed by atoms with Crippen molar-refractivity contribution in [2.24, 2.45) is 0 Å². The molecule has 0 aliphatic rings. The molecule has 1 heterocycles. The summed E-state index contributed by atoms with van der Waals surface area (Å²) in [5.74, 6) is 2.49. The van der Waals surface area contributed by atoms with E-state index in [1.807, 2.05) is 61.5 Å². The molecule has 0 bridgehead atoms. The summed E-state index contributed by atoms with van der Waals surface area (Å²) in [5, 5.41) is 4.23. The van der Waals surface area contributed by atoms with Crippen molar-refractivity contribution in [3.05, 3.63) is 87.1 Å². The first-order valence-electron chi connectivity index (χ1n) is 11.1. The number of nitrogens with zero attached hydrogens (tertiary/aromatic N) is 1. The summed E-state index contributed by atoms with van der Waals surface area (Å²) in [7, 11) is 0. The molecule has 172 valence electrons. The number of para-hydroxylation sites is 2. The summed E-state index contributed by atoms with van der Waals surface area (Å²) in [6.07, 6.45) is 1.91. The number of aromatic amines is 1. The second-order valence-corrected chi connectivity index (χ2v) is 9.01. The van der Waals surface area contributed by atoms with Crippen molar-refractivity contribution in [2.45, 2.75) is 32.9 Å². The summed E-state index contributed by atoms with van der Waals surface area (Å²) >= 11 is 9.65. The van der Waals surface area contributed by atoms with E-state index in [0.29, 0.717) is 24.0 Å². The number of hydrogen-bond donors (Lipinski definition) is 2. The summed E-state index contributed by atoms with van der Waals surface area (Å²) in [6, 6.07) is 19.8. The Bertz CT molecular complexity index is 1160. The van der Waals surface area contributed by atoms with E-state index in [0.717, 1.165) is 64.1 Å². The molecule has 0 aliphatic carbocycles. The van der Waals surface area contributed by atoms with Gasteiger partial charge in [0.2, 0.25) is 0 Å². The van der Waals surface area contributed by atoms with E-state index in [4.69, 9.17) is 21.1 Å². The lowest BCUT2D eigenvalue weighted by Crippen LogP contribution is -2.16. The quantitative estimate of drug-likeness (QED) is 0.213. The van der Waals surface area contributed by atoms with Crippen molar-refractivity contribution in [2.75, 3.05) is 13.2 Å². The Morgan fingerprint density at radius 2 is 1.82 bits per heavy atom. The van der Waals surface area contributed by atoms with Crippen LogP contribution in [0.15, 0.2) is 65.1 Å². The van der Waals surface area contributed by atoms with Crippen LogP contribution in [0.2, 0.25) is 5.02 Å². The lowest BCUT2D eigenvalue weighted by atomic mass is 10.2. The number of nitrogens with one attached hydrogen (secondary N) is 2. The highest BCUT2D eigenvalue weighted by molar-refractivity contribution is 9.10. The first-order chi connectivity index (χ1) is 16.1. The van der Waals surface area contributed by atoms with Crippen LogP contribution in [0.4, 0.5) is 0 Å². The Morgan fingerprint density at radius 3 is 2.61 bits per heavy atom. The van der Waals surface area contributed by atoms with Gasteiger partial charge in [-0.05, 0) is 67.4 Å². The van der Waals surface area contributed by atoms with E-state index in [1.165, 1.54) is 0 Å². The molecule has 0 amide bonds. The van der Waals surface area contributed by atoms with E-state index in [9.17, 15) is 0 Å². The number of imidazole rings is 1. The number of halogens is 2. The molecule has 0 aliphatic heterocycles. The number of aromatic nitrogens is 2. The second-order valence-electron chi connectivity index (χ2n) is 7.72. The normalized spacial score (nSPS) is 11.1. The molecule has 0 saturated carbocycles. The van der Waals surface area contributed by atoms with E-state index in [1.54, 1.807) is 0 Å². The van der Waals surface area contributed by atoms with Gasteiger partial charge in [-0.3, -0.25) is 0 Å². The van der Waals surface area contributed by atoms with Crippen LogP contribution in [0.25, 0.3) is 11.0 Å². The minimum atomic E-state index is 0.447. The Balaban J connectivity index is 1.31. The maximum absolute atomic E-state index is 6.04. The highest BCUT2D eigenvalue weighted by Gasteiger charge is 2.11. The summed E-state index contributed by atoms with van der Waals surface area (Å²) in [6.45, 7) is 4.62. The number of hydrogen-bond acceptors (Lipinski definition) is 4. The highest BCUT2D eigenvalue weighted by Crippen LogP contribution is 2.34. The molecule has 0 saturated heterocycles. The van der Waals surface area contributed by atoms with Gasteiger partial charge in [0.25, 0.3) is 0 Å². The van der Waals surface area contributed by atoms with Crippen LogP contribution < -0.4 is 14.8 Å². The molecule has 1 aromatic heterocycles. The van der Waals surface area contributed by atoms with E-state index < -0.39 is 0 Å². The molecule has 0 fully saturated rings. The van der Waals surface area contributed by atoms with Gasteiger partial charge in [0.05, 0.1) is 17.6 Å². The molecule has 2 N–H and O–H groups in total. The Morgan fingerprint density at radius 1 is 1.03 bits per heavy atom. The van der Waals surface area contributed by atoms with Gasteiger partial charge in [-0.2, -0.15) is 0 Å². The Kier molecular flexibility index (Phi) is 8.26. The molecular weight excluding hydrogens is 502 g/mol. The monoisotopic (exact) mass is 527 g/mol. The van der Waals surface area contributed by atoms with Gasteiger partial charge < -0.3 is 19.8 Å². The first kappa shape index (κ1) is 23.6. The van der Waals surface area contributed by atoms with Gasteiger partial charge in [-0.25, -0.2) is 4.98 Å². The van der Waals surface area contributed by atoms with Gasteiger partial charge in [-0.1, -0.05) is 51.8 Å². The third kappa shape index (κ3) is 6.50. The number of H-pyrrole nitrogens is 1. The zero-order chi connectivity index (χ0) is 23.0. The fourth-order valence-electron chi connectivity index (χ4n) is 3.56. The van der Waals surface area contributed by atoms with E-state index >= 15 is 0 Å². The van der Waals surface area contributed by atoms with Crippen molar-refractivity contribution >= 4 is 38.6 Å². The van der Waals surface area contributed by atoms with Crippen LogP contribution in [-0.4, -0.2) is 23.1 Å². The summed E-state index contributed by atoms with van der Waals surface area (Å²) < 4.78 is 12.9. The van der Waals surface area contributed by atoms with Crippen LogP contribution in [0.5, 0.6) is 11.5 Å². The van der Waals surface area contributed by atoms with Crippen molar-refractivity contribution in [3.63, 3.8) is 0 Å². The highest BCUT2D eigenvalue weighted by atomic mass is 79.9. The molecule has 0 spiro atoms. The van der Waals surface area contributed by atoms with E-state index in [-0.39, 0.29) is 0 Å². The molecule has 33 heavy (non-hydrogen) atoms. The van der Waals surface area contributed by atoms with Crippen LogP contribution in [0, 0.1) is 0 Å². The smallest absolute Gasteiger partial charge is 0.162 e. The maximum atomic E-state index is 6.04. The van der Waals surface area contributed by atoms with Gasteiger partial charge in [-0.15, -0.1) is 0 Å². The summed E-state index contributed by atoms with van der Waals surface area (Å²) in [4.78, 5) is 8.02. The zero-order valence-electron chi connectivity index (χ0n) is 18.5. The lowest BCUT2D eigenvalue weighted by Gasteiger charge is -2.15. The van der Waals surface area contributed by atoms with Crippen molar-refractivity contribution < 1.29 is 9.47 Å². The number of fused-ring (bicyclic) bond motifs is 1. The van der Waals surface area contributed by atoms with Crippen LogP contribution in [-0.2, 0) is 19.6 Å². The Hall–Kier alpha value is -2.54. The molecule has 3 aromatic carbocycles. The standard InChI is InChI=1S/C26H27BrClN3O2/c1-2-32-24-14-19(21(27)15-25(24)33-17-18-9-11-20(28)12-10-18)16-29-13-5-8-26-30-22-6-3-4-7-23(22)31-26/h3-4,6-7,9-12,14-15,29H,2,5,8,13,16-17H2,1H3,(H,30,31). The molecule has 4 rings (SSSR count). The second kappa shape index (κ2) is 11.5. The van der Waals surface area contributed by atoms with Crippen molar-refractivity contribution in [1.29, 1.82) is 0 Å². The largest absolute Gasteiger partial charge is 0.490 e. The number of benzene rings is 3.